The highest BCUT2D eigenvalue weighted by Crippen LogP contribution is 2.37. The number of halogens is 3. The normalized spacial score (nSPS) is 13.6. The standard InChI is InChI=1S/C20H16F3N3O2/c1-2-12-5-3-4-6-15(12)26-16(10-18(25-26)20(21,22)23)13-7-8-17-14(9-13)24-19(27)11-28-17/h3-10H,2,11H2,1H3,(H,24,27). The number of carbonyl (C=O) groups excluding carboxylic acids is 1. The van der Waals surface area contributed by atoms with Crippen LogP contribution in [0.5, 0.6) is 5.75 Å². The molecule has 5 nitrogen and oxygen atoms in total. The molecule has 1 aliphatic rings. The second-order valence-corrected chi connectivity index (χ2v) is 6.35. The number of alkyl halides is 3. The van der Waals surface area contributed by atoms with E-state index in [1.165, 1.54) is 4.68 Å². The Morgan fingerprint density at radius 3 is 2.71 bits per heavy atom. The van der Waals surface area contributed by atoms with E-state index in [2.05, 4.69) is 10.4 Å². The summed E-state index contributed by atoms with van der Waals surface area (Å²) in [6.07, 6.45) is -3.93. The number of nitrogens with one attached hydrogen (secondary N) is 1. The predicted molar refractivity (Wildman–Crippen MR) is 97.5 cm³/mol. The molecule has 8 heteroatoms. The highest BCUT2D eigenvalue weighted by Gasteiger charge is 2.35. The van der Waals surface area contributed by atoms with Crippen molar-refractivity contribution in [3.63, 3.8) is 0 Å². The summed E-state index contributed by atoms with van der Waals surface area (Å²) in [5.74, 6) is 0.157. The van der Waals surface area contributed by atoms with Gasteiger partial charge in [0.25, 0.3) is 5.91 Å². The number of anilines is 1. The van der Waals surface area contributed by atoms with Crippen LogP contribution in [-0.2, 0) is 17.4 Å². The maximum Gasteiger partial charge on any atom is 0.435 e. The highest BCUT2D eigenvalue weighted by molar-refractivity contribution is 5.96. The van der Waals surface area contributed by atoms with E-state index in [-0.39, 0.29) is 18.2 Å². The van der Waals surface area contributed by atoms with Crippen LogP contribution >= 0.6 is 0 Å². The zero-order valence-electron chi connectivity index (χ0n) is 14.9. The van der Waals surface area contributed by atoms with Gasteiger partial charge in [0.2, 0.25) is 0 Å². The molecule has 2 heterocycles. The van der Waals surface area contributed by atoms with Crippen molar-refractivity contribution in [3.8, 4) is 22.7 Å². The Balaban J connectivity index is 1.90. The summed E-state index contributed by atoms with van der Waals surface area (Å²) in [5, 5.41) is 6.51. The van der Waals surface area contributed by atoms with Crippen molar-refractivity contribution in [1.82, 2.24) is 9.78 Å². The Morgan fingerprint density at radius 2 is 1.96 bits per heavy atom. The van der Waals surface area contributed by atoms with Gasteiger partial charge in [-0.25, -0.2) is 4.68 Å². The van der Waals surface area contributed by atoms with Gasteiger partial charge in [-0.1, -0.05) is 25.1 Å². The Morgan fingerprint density at radius 1 is 1.18 bits per heavy atom. The summed E-state index contributed by atoms with van der Waals surface area (Å²) >= 11 is 0. The predicted octanol–water partition coefficient (Wildman–Crippen LogP) is 4.45. The summed E-state index contributed by atoms with van der Waals surface area (Å²) in [6, 6.07) is 13.1. The molecule has 28 heavy (non-hydrogen) atoms. The molecule has 0 saturated carbocycles. The molecule has 0 fully saturated rings. The van der Waals surface area contributed by atoms with Gasteiger partial charge >= 0.3 is 6.18 Å². The van der Waals surface area contributed by atoms with Gasteiger partial charge in [0, 0.05) is 5.56 Å². The molecule has 0 bridgehead atoms. The van der Waals surface area contributed by atoms with Gasteiger partial charge in [0.05, 0.1) is 17.1 Å². The average molecular weight is 387 g/mol. The molecule has 0 unspecified atom stereocenters. The molecule has 1 aromatic heterocycles. The number of carbonyl (C=O) groups is 1. The number of benzene rings is 2. The minimum Gasteiger partial charge on any atom is -0.482 e. The van der Waals surface area contributed by atoms with Gasteiger partial charge in [-0.3, -0.25) is 4.79 Å². The molecule has 1 aliphatic heterocycles. The number of amides is 1. The molecular formula is C20H16F3N3O2. The van der Waals surface area contributed by atoms with E-state index in [9.17, 15) is 18.0 Å². The Hall–Kier alpha value is -3.29. The van der Waals surface area contributed by atoms with Crippen LogP contribution in [0.3, 0.4) is 0 Å². The van der Waals surface area contributed by atoms with Crippen molar-refractivity contribution in [2.45, 2.75) is 19.5 Å². The van der Waals surface area contributed by atoms with Gasteiger partial charge in [-0.15, -0.1) is 0 Å². The molecule has 144 valence electrons. The fraction of sp³-hybridized carbons (Fsp3) is 0.200. The molecular weight excluding hydrogens is 371 g/mol. The van der Waals surface area contributed by atoms with E-state index < -0.39 is 11.9 Å². The first-order valence-corrected chi connectivity index (χ1v) is 8.69. The SMILES string of the molecule is CCc1ccccc1-n1nc(C(F)(F)F)cc1-c1ccc2c(c1)NC(=O)CO2. The number of fused-ring (bicyclic) bond motifs is 1. The lowest BCUT2D eigenvalue weighted by atomic mass is 10.1. The molecule has 0 saturated heterocycles. The van der Waals surface area contributed by atoms with Gasteiger partial charge in [-0.05, 0) is 42.3 Å². The summed E-state index contributed by atoms with van der Waals surface area (Å²) in [7, 11) is 0. The zero-order chi connectivity index (χ0) is 19.9. The fourth-order valence-corrected chi connectivity index (χ4v) is 3.17. The first kappa shape index (κ1) is 18.1. The van der Waals surface area contributed by atoms with Crippen LogP contribution in [0.4, 0.5) is 18.9 Å². The molecule has 3 aromatic rings. The van der Waals surface area contributed by atoms with Gasteiger partial charge in [0.15, 0.2) is 12.3 Å². The Bertz CT molecular complexity index is 1060. The van der Waals surface area contributed by atoms with Crippen LogP contribution in [0.2, 0.25) is 0 Å². The largest absolute Gasteiger partial charge is 0.482 e. The van der Waals surface area contributed by atoms with E-state index in [4.69, 9.17) is 4.74 Å². The summed E-state index contributed by atoms with van der Waals surface area (Å²) in [4.78, 5) is 11.6. The lowest BCUT2D eigenvalue weighted by Crippen LogP contribution is -2.25. The first-order valence-electron chi connectivity index (χ1n) is 8.69. The van der Waals surface area contributed by atoms with Crippen molar-refractivity contribution < 1.29 is 22.7 Å². The number of rotatable bonds is 3. The average Bonchev–Trinajstić information content (AvgIpc) is 3.13. The maximum atomic E-state index is 13.4. The second-order valence-electron chi connectivity index (χ2n) is 6.35. The zero-order valence-corrected chi connectivity index (χ0v) is 14.9. The number of hydrogen-bond acceptors (Lipinski definition) is 3. The summed E-state index contributed by atoms with van der Waals surface area (Å²) in [5.41, 5.74) is 1.64. The topological polar surface area (TPSA) is 56.2 Å². The van der Waals surface area contributed by atoms with Crippen LogP contribution in [0, 0.1) is 0 Å². The first-order chi connectivity index (χ1) is 13.4. The minimum atomic E-state index is -4.58. The van der Waals surface area contributed by atoms with E-state index in [1.54, 1.807) is 30.3 Å². The van der Waals surface area contributed by atoms with Crippen LogP contribution in [0.25, 0.3) is 16.9 Å². The number of ether oxygens (including phenoxy) is 1. The third-order valence-electron chi connectivity index (χ3n) is 4.51. The van der Waals surface area contributed by atoms with E-state index >= 15 is 0 Å². The Kier molecular flexibility index (Phi) is 4.33. The number of hydrogen-bond donors (Lipinski definition) is 1. The quantitative estimate of drug-likeness (QED) is 0.722. The third kappa shape index (κ3) is 3.21. The lowest BCUT2D eigenvalue weighted by Gasteiger charge is -2.19. The second kappa shape index (κ2) is 6.70. The van der Waals surface area contributed by atoms with Crippen molar-refractivity contribution in [2.75, 3.05) is 11.9 Å². The van der Waals surface area contributed by atoms with Gasteiger partial charge < -0.3 is 10.1 Å². The molecule has 1 N–H and O–H groups in total. The molecule has 0 radical (unpaired) electrons. The number of aryl methyl sites for hydroxylation is 1. The van der Waals surface area contributed by atoms with Crippen molar-refractivity contribution in [3.05, 3.63) is 59.8 Å². The van der Waals surface area contributed by atoms with Gasteiger partial charge in [-0.2, -0.15) is 18.3 Å². The summed E-state index contributed by atoms with van der Waals surface area (Å²) in [6.45, 7) is 1.84. The van der Waals surface area contributed by atoms with Crippen LogP contribution in [-0.4, -0.2) is 22.3 Å². The van der Waals surface area contributed by atoms with Crippen molar-refractivity contribution >= 4 is 11.6 Å². The van der Waals surface area contributed by atoms with E-state index in [0.29, 0.717) is 29.1 Å². The van der Waals surface area contributed by atoms with Crippen molar-refractivity contribution in [1.29, 1.82) is 0 Å². The fourth-order valence-electron chi connectivity index (χ4n) is 3.17. The molecule has 1 amide bonds. The number of para-hydroxylation sites is 1. The van der Waals surface area contributed by atoms with Gasteiger partial charge in [0.1, 0.15) is 5.75 Å². The number of aromatic nitrogens is 2. The smallest absolute Gasteiger partial charge is 0.435 e. The van der Waals surface area contributed by atoms with Crippen LogP contribution in [0.15, 0.2) is 48.5 Å². The highest BCUT2D eigenvalue weighted by atomic mass is 19.4. The third-order valence-corrected chi connectivity index (χ3v) is 4.51. The molecule has 0 spiro atoms. The van der Waals surface area contributed by atoms with E-state index in [1.807, 2.05) is 19.1 Å². The molecule has 4 rings (SSSR count). The summed E-state index contributed by atoms with van der Waals surface area (Å²) < 4.78 is 46.7. The molecule has 0 aliphatic carbocycles. The number of nitrogens with zero attached hydrogens (tertiary/aromatic N) is 2. The monoisotopic (exact) mass is 387 g/mol. The van der Waals surface area contributed by atoms with Crippen LogP contribution in [0.1, 0.15) is 18.2 Å². The van der Waals surface area contributed by atoms with E-state index in [0.717, 1.165) is 11.6 Å². The minimum absolute atomic E-state index is 0.0909. The maximum absolute atomic E-state index is 13.4. The van der Waals surface area contributed by atoms with Crippen molar-refractivity contribution in [2.24, 2.45) is 0 Å². The Labute approximate surface area is 158 Å². The lowest BCUT2D eigenvalue weighted by molar-refractivity contribution is -0.141. The molecule has 2 aromatic carbocycles. The van der Waals surface area contributed by atoms with Crippen LogP contribution < -0.4 is 10.1 Å². The molecule has 0 atom stereocenters.